The van der Waals surface area contributed by atoms with Crippen molar-refractivity contribution in [2.24, 2.45) is 0 Å². The van der Waals surface area contributed by atoms with E-state index in [1.807, 2.05) is 4.72 Å². The molecule has 1 saturated heterocycles. The van der Waals surface area contributed by atoms with E-state index in [1.165, 1.54) is 0 Å². The zero-order valence-corrected chi connectivity index (χ0v) is 10.8. The minimum Gasteiger partial charge on any atom is -0.268 e. The van der Waals surface area contributed by atoms with Crippen molar-refractivity contribution in [2.45, 2.75) is 19.3 Å². The molecule has 1 fully saturated rings. The van der Waals surface area contributed by atoms with Crippen molar-refractivity contribution >= 4 is 15.9 Å². The first-order chi connectivity index (χ1) is 8.92. The molecule has 1 aliphatic rings. The third-order valence-electron chi connectivity index (χ3n) is 2.93. The smallest absolute Gasteiger partial charge is 0.268 e. The minimum atomic E-state index is -3.93. The Balaban J connectivity index is 2.23. The van der Waals surface area contributed by atoms with Crippen LogP contribution in [-0.4, -0.2) is 25.8 Å². The van der Waals surface area contributed by atoms with Crippen molar-refractivity contribution in [2.75, 3.05) is 17.8 Å². The molecular formula is C11H13F3N2O2S. The third-order valence-corrected chi connectivity index (χ3v) is 4.45. The zero-order valence-electron chi connectivity index (χ0n) is 10.00. The van der Waals surface area contributed by atoms with Gasteiger partial charge in [-0.15, -0.1) is 0 Å². The summed E-state index contributed by atoms with van der Waals surface area (Å²) in [6.07, 6.45) is 2.38. The summed E-state index contributed by atoms with van der Waals surface area (Å²) < 4.78 is 66.1. The maximum Gasteiger partial charge on any atom is 0.301 e. The zero-order chi connectivity index (χ0) is 14.0. The van der Waals surface area contributed by atoms with Crippen molar-refractivity contribution in [3.05, 3.63) is 29.6 Å². The fourth-order valence-electron chi connectivity index (χ4n) is 1.91. The number of hydrogen-bond donors (Lipinski definition) is 1. The highest BCUT2D eigenvalue weighted by atomic mass is 32.2. The molecule has 0 saturated carbocycles. The predicted octanol–water partition coefficient (Wildman–Crippen LogP) is 2.25. The van der Waals surface area contributed by atoms with E-state index in [0.717, 1.165) is 29.6 Å². The fourth-order valence-corrected chi connectivity index (χ4v) is 3.22. The van der Waals surface area contributed by atoms with Gasteiger partial charge in [0, 0.05) is 13.1 Å². The van der Waals surface area contributed by atoms with E-state index >= 15 is 0 Å². The summed E-state index contributed by atoms with van der Waals surface area (Å²) in [6, 6.07) is 1.53. The average molecular weight is 294 g/mol. The second kappa shape index (κ2) is 5.38. The number of piperidine rings is 1. The molecule has 0 spiro atoms. The molecule has 0 aliphatic carbocycles. The van der Waals surface area contributed by atoms with E-state index in [4.69, 9.17) is 0 Å². The SMILES string of the molecule is O=S(=O)(Nc1ccc(F)c(F)c1F)N1CCCCC1. The highest BCUT2D eigenvalue weighted by molar-refractivity contribution is 7.90. The number of benzene rings is 1. The van der Waals surface area contributed by atoms with Gasteiger partial charge in [-0.05, 0) is 25.0 Å². The fraction of sp³-hybridized carbons (Fsp3) is 0.455. The van der Waals surface area contributed by atoms with Gasteiger partial charge < -0.3 is 0 Å². The standard InChI is InChI=1S/C11H13F3N2O2S/c12-8-4-5-9(11(14)10(8)13)15-19(17,18)16-6-2-1-3-7-16/h4-5,15H,1-3,6-7H2. The molecule has 0 aromatic heterocycles. The van der Waals surface area contributed by atoms with E-state index < -0.39 is 33.3 Å². The van der Waals surface area contributed by atoms with Crippen LogP contribution in [0.1, 0.15) is 19.3 Å². The summed E-state index contributed by atoms with van der Waals surface area (Å²) in [5.41, 5.74) is -0.593. The van der Waals surface area contributed by atoms with Gasteiger partial charge >= 0.3 is 10.2 Å². The molecule has 0 radical (unpaired) electrons. The lowest BCUT2D eigenvalue weighted by molar-refractivity contribution is 0.348. The monoisotopic (exact) mass is 294 g/mol. The highest BCUT2D eigenvalue weighted by Gasteiger charge is 2.25. The van der Waals surface area contributed by atoms with E-state index in [-0.39, 0.29) is 0 Å². The van der Waals surface area contributed by atoms with Crippen molar-refractivity contribution in [1.29, 1.82) is 0 Å². The summed E-state index contributed by atoms with van der Waals surface area (Å²) in [5, 5.41) is 0. The second-order valence-electron chi connectivity index (χ2n) is 4.29. The molecule has 1 aromatic rings. The van der Waals surface area contributed by atoms with Crippen molar-refractivity contribution in [3.8, 4) is 0 Å². The summed E-state index contributed by atoms with van der Waals surface area (Å²) in [5.74, 6) is -4.60. The Kier molecular flexibility index (Phi) is 4.00. The lowest BCUT2D eigenvalue weighted by Crippen LogP contribution is -2.39. The first-order valence-electron chi connectivity index (χ1n) is 5.83. The van der Waals surface area contributed by atoms with Crippen LogP contribution in [0.25, 0.3) is 0 Å². The van der Waals surface area contributed by atoms with Gasteiger partial charge in [0.2, 0.25) is 0 Å². The Labute approximate surface area is 109 Å². The van der Waals surface area contributed by atoms with Crippen LogP contribution < -0.4 is 4.72 Å². The number of nitrogens with one attached hydrogen (secondary N) is 1. The molecule has 2 rings (SSSR count). The first kappa shape index (κ1) is 14.1. The van der Waals surface area contributed by atoms with Gasteiger partial charge in [-0.1, -0.05) is 6.42 Å². The maximum absolute atomic E-state index is 13.4. The Morgan fingerprint density at radius 1 is 1.00 bits per heavy atom. The molecule has 0 unspecified atom stereocenters. The first-order valence-corrected chi connectivity index (χ1v) is 7.27. The molecule has 1 heterocycles. The molecule has 0 atom stereocenters. The molecule has 1 aliphatic heterocycles. The van der Waals surface area contributed by atoms with Crippen LogP contribution in [0.15, 0.2) is 12.1 Å². The number of anilines is 1. The quantitative estimate of drug-likeness (QED) is 0.869. The molecule has 4 nitrogen and oxygen atoms in total. The highest BCUT2D eigenvalue weighted by Crippen LogP contribution is 2.22. The summed E-state index contributed by atoms with van der Waals surface area (Å²) in [4.78, 5) is 0. The van der Waals surface area contributed by atoms with Crippen molar-refractivity contribution in [1.82, 2.24) is 4.31 Å². The predicted molar refractivity (Wildman–Crippen MR) is 64.3 cm³/mol. The van der Waals surface area contributed by atoms with Gasteiger partial charge in [0.15, 0.2) is 17.5 Å². The molecule has 1 N–H and O–H groups in total. The van der Waals surface area contributed by atoms with Crippen molar-refractivity contribution in [3.63, 3.8) is 0 Å². The van der Waals surface area contributed by atoms with Gasteiger partial charge in [0.25, 0.3) is 0 Å². The lowest BCUT2D eigenvalue weighted by atomic mass is 10.2. The Hall–Kier alpha value is -1.28. The summed E-state index contributed by atoms with van der Waals surface area (Å²) in [7, 11) is -3.93. The number of hydrogen-bond acceptors (Lipinski definition) is 2. The maximum atomic E-state index is 13.4. The minimum absolute atomic E-state index is 0.334. The van der Waals surface area contributed by atoms with Gasteiger partial charge in [-0.25, -0.2) is 13.2 Å². The third kappa shape index (κ3) is 3.01. The van der Waals surface area contributed by atoms with Gasteiger partial charge in [0.1, 0.15) is 0 Å². The molecule has 19 heavy (non-hydrogen) atoms. The molecular weight excluding hydrogens is 281 g/mol. The summed E-state index contributed by atoms with van der Waals surface area (Å²) >= 11 is 0. The van der Waals surface area contributed by atoms with Gasteiger partial charge in [-0.3, -0.25) is 4.72 Å². The van der Waals surface area contributed by atoms with E-state index in [1.54, 1.807) is 0 Å². The number of rotatable bonds is 3. The molecule has 0 amide bonds. The van der Waals surface area contributed by atoms with E-state index in [2.05, 4.69) is 0 Å². The van der Waals surface area contributed by atoms with Crippen LogP contribution in [0, 0.1) is 17.5 Å². The topological polar surface area (TPSA) is 49.4 Å². The van der Waals surface area contributed by atoms with Crippen LogP contribution in [0.3, 0.4) is 0 Å². The molecule has 1 aromatic carbocycles. The Morgan fingerprint density at radius 2 is 1.63 bits per heavy atom. The van der Waals surface area contributed by atoms with E-state index in [0.29, 0.717) is 19.2 Å². The van der Waals surface area contributed by atoms with Crippen LogP contribution in [0.2, 0.25) is 0 Å². The number of nitrogens with zero attached hydrogens (tertiary/aromatic N) is 1. The lowest BCUT2D eigenvalue weighted by Gasteiger charge is -2.26. The Bertz CT molecular complexity index is 572. The van der Waals surface area contributed by atoms with Gasteiger partial charge in [0.05, 0.1) is 5.69 Å². The Morgan fingerprint density at radius 3 is 2.26 bits per heavy atom. The normalized spacial score (nSPS) is 17.4. The second-order valence-corrected chi connectivity index (χ2v) is 5.96. The van der Waals surface area contributed by atoms with Crippen LogP contribution in [0.4, 0.5) is 18.9 Å². The molecule has 106 valence electrons. The van der Waals surface area contributed by atoms with Crippen molar-refractivity contribution < 1.29 is 21.6 Å². The average Bonchev–Trinajstić information content (AvgIpc) is 2.40. The van der Waals surface area contributed by atoms with E-state index in [9.17, 15) is 21.6 Å². The molecule has 0 bridgehead atoms. The van der Waals surface area contributed by atoms with Crippen LogP contribution in [0.5, 0.6) is 0 Å². The summed E-state index contributed by atoms with van der Waals surface area (Å²) in [6.45, 7) is 0.668. The number of halogens is 3. The van der Waals surface area contributed by atoms with Gasteiger partial charge in [-0.2, -0.15) is 12.7 Å². The van der Waals surface area contributed by atoms with Crippen LogP contribution in [-0.2, 0) is 10.2 Å². The molecule has 8 heteroatoms. The largest absolute Gasteiger partial charge is 0.301 e. The van der Waals surface area contributed by atoms with Crippen LogP contribution >= 0.6 is 0 Å².